The molecule has 0 unspecified atom stereocenters. The van der Waals surface area contributed by atoms with Crippen LogP contribution in [0.4, 0.5) is 0 Å². The molecule has 2 heterocycles. The SMILES string of the molecule is CN(Cc1ccccc1)C(=O)COC(=O)c1cc(-c2ccncc2)nc2ccccc12. The Kier molecular flexibility index (Phi) is 5.98. The van der Waals surface area contributed by atoms with E-state index in [1.807, 2.05) is 66.7 Å². The molecular weight excluding hydrogens is 390 g/mol. The van der Waals surface area contributed by atoms with Crippen LogP contribution >= 0.6 is 0 Å². The fourth-order valence-electron chi connectivity index (χ4n) is 3.28. The van der Waals surface area contributed by atoms with Crippen molar-refractivity contribution in [3.05, 3.63) is 96.3 Å². The van der Waals surface area contributed by atoms with Crippen LogP contribution in [0, 0.1) is 0 Å². The van der Waals surface area contributed by atoms with Crippen molar-refractivity contribution >= 4 is 22.8 Å². The maximum absolute atomic E-state index is 12.9. The lowest BCUT2D eigenvalue weighted by atomic mass is 10.0. The number of pyridine rings is 2. The molecule has 0 spiro atoms. The first-order valence-corrected chi connectivity index (χ1v) is 9.87. The number of carbonyl (C=O) groups is 2. The van der Waals surface area contributed by atoms with Gasteiger partial charge in [-0.3, -0.25) is 9.78 Å². The summed E-state index contributed by atoms with van der Waals surface area (Å²) >= 11 is 0. The van der Waals surface area contributed by atoms with Gasteiger partial charge in [0.1, 0.15) is 0 Å². The van der Waals surface area contributed by atoms with Gasteiger partial charge in [0.05, 0.1) is 16.8 Å². The summed E-state index contributed by atoms with van der Waals surface area (Å²) in [5, 5.41) is 0.676. The molecule has 0 bridgehead atoms. The minimum absolute atomic E-state index is 0.273. The van der Waals surface area contributed by atoms with Crippen molar-refractivity contribution in [2.24, 2.45) is 0 Å². The summed E-state index contributed by atoms with van der Waals surface area (Å²) in [6.07, 6.45) is 3.34. The zero-order valence-electron chi connectivity index (χ0n) is 17.1. The van der Waals surface area contributed by atoms with Gasteiger partial charge in [0.25, 0.3) is 5.91 Å². The van der Waals surface area contributed by atoms with Crippen molar-refractivity contribution in [1.82, 2.24) is 14.9 Å². The average molecular weight is 411 g/mol. The van der Waals surface area contributed by atoms with Gasteiger partial charge in [-0.1, -0.05) is 48.5 Å². The molecule has 0 fully saturated rings. The van der Waals surface area contributed by atoms with Crippen LogP contribution in [0.15, 0.2) is 85.2 Å². The number of rotatable bonds is 6. The number of amides is 1. The number of fused-ring (bicyclic) bond motifs is 1. The van der Waals surface area contributed by atoms with Crippen molar-refractivity contribution in [2.45, 2.75) is 6.54 Å². The normalized spacial score (nSPS) is 10.6. The molecule has 2 aromatic heterocycles. The Bertz CT molecular complexity index is 1210. The van der Waals surface area contributed by atoms with E-state index in [1.165, 1.54) is 4.90 Å². The van der Waals surface area contributed by atoms with E-state index in [0.29, 0.717) is 28.7 Å². The highest BCUT2D eigenvalue weighted by Crippen LogP contribution is 2.25. The molecule has 0 radical (unpaired) electrons. The van der Waals surface area contributed by atoms with Crippen LogP contribution in [0.25, 0.3) is 22.2 Å². The van der Waals surface area contributed by atoms with Gasteiger partial charge in [-0.05, 0) is 29.8 Å². The van der Waals surface area contributed by atoms with E-state index in [4.69, 9.17) is 4.74 Å². The maximum Gasteiger partial charge on any atom is 0.339 e. The quantitative estimate of drug-likeness (QED) is 0.447. The van der Waals surface area contributed by atoms with Gasteiger partial charge in [-0.15, -0.1) is 0 Å². The molecule has 154 valence electrons. The summed E-state index contributed by atoms with van der Waals surface area (Å²) in [6.45, 7) is 0.116. The Balaban J connectivity index is 1.52. The van der Waals surface area contributed by atoms with Crippen LogP contribution in [0.1, 0.15) is 15.9 Å². The van der Waals surface area contributed by atoms with Crippen molar-refractivity contribution < 1.29 is 14.3 Å². The molecule has 4 aromatic rings. The number of hydrogen-bond donors (Lipinski definition) is 0. The summed E-state index contributed by atoms with van der Waals surface area (Å²) < 4.78 is 5.38. The first-order chi connectivity index (χ1) is 15.1. The molecule has 0 aliphatic carbocycles. The number of benzene rings is 2. The van der Waals surface area contributed by atoms with Crippen LogP contribution in [0.3, 0.4) is 0 Å². The van der Waals surface area contributed by atoms with E-state index in [9.17, 15) is 9.59 Å². The number of hydrogen-bond acceptors (Lipinski definition) is 5. The first kappa shape index (κ1) is 20.2. The topological polar surface area (TPSA) is 72.4 Å². The van der Waals surface area contributed by atoms with E-state index in [1.54, 1.807) is 25.5 Å². The van der Waals surface area contributed by atoms with Crippen molar-refractivity contribution in [3.8, 4) is 11.3 Å². The minimum Gasteiger partial charge on any atom is -0.452 e. The molecule has 1 amide bonds. The lowest BCUT2D eigenvalue weighted by Crippen LogP contribution is -2.30. The van der Waals surface area contributed by atoms with Gasteiger partial charge in [-0.25, -0.2) is 9.78 Å². The molecule has 0 saturated heterocycles. The third-order valence-corrected chi connectivity index (χ3v) is 4.93. The molecule has 2 aromatic carbocycles. The third-order valence-electron chi connectivity index (χ3n) is 4.93. The van der Waals surface area contributed by atoms with E-state index in [0.717, 1.165) is 11.1 Å². The number of nitrogens with zero attached hydrogens (tertiary/aromatic N) is 3. The van der Waals surface area contributed by atoms with E-state index >= 15 is 0 Å². The second kappa shape index (κ2) is 9.17. The van der Waals surface area contributed by atoms with Crippen LogP contribution in [-0.2, 0) is 16.1 Å². The third kappa shape index (κ3) is 4.75. The van der Waals surface area contributed by atoms with Crippen LogP contribution < -0.4 is 0 Å². The van der Waals surface area contributed by atoms with Crippen molar-refractivity contribution in [3.63, 3.8) is 0 Å². The first-order valence-electron chi connectivity index (χ1n) is 9.87. The summed E-state index contributed by atoms with van der Waals surface area (Å²) in [4.78, 5) is 35.6. The zero-order valence-corrected chi connectivity index (χ0v) is 17.1. The lowest BCUT2D eigenvalue weighted by Gasteiger charge is -2.17. The van der Waals surface area contributed by atoms with Gasteiger partial charge in [-0.2, -0.15) is 0 Å². The molecule has 31 heavy (non-hydrogen) atoms. The number of ether oxygens (including phenoxy) is 1. The van der Waals surface area contributed by atoms with Gasteiger partial charge < -0.3 is 9.64 Å². The molecule has 0 atom stereocenters. The fourth-order valence-corrected chi connectivity index (χ4v) is 3.28. The van der Waals surface area contributed by atoms with Crippen LogP contribution in [-0.4, -0.2) is 40.4 Å². The van der Waals surface area contributed by atoms with Gasteiger partial charge in [0.2, 0.25) is 0 Å². The van der Waals surface area contributed by atoms with Crippen LogP contribution in [0.2, 0.25) is 0 Å². The number of esters is 1. The average Bonchev–Trinajstić information content (AvgIpc) is 2.82. The lowest BCUT2D eigenvalue weighted by molar-refractivity contribution is -0.133. The smallest absolute Gasteiger partial charge is 0.339 e. The predicted octanol–water partition coefficient (Wildman–Crippen LogP) is 4.11. The highest BCUT2D eigenvalue weighted by molar-refractivity contribution is 6.05. The second-order valence-electron chi connectivity index (χ2n) is 7.12. The molecule has 0 aliphatic rings. The Hall–Kier alpha value is -4.06. The van der Waals surface area contributed by atoms with E-state index < -0.39 is 5.97 Å². The largest absolute Gasteiger partial charge is 0.452 e. The Labute approximate surface area is 180 Å². The minimum atomic E-state index is -0.560. The molecule has 0 saturated carbocycles. The molecule has 6 nitrogen and oxygen atoms in total. The van der Waals surface area contributed by atoms with Gasteiger partial charge in [0, 0.05) is 36.9 Å². The van der Waals surface area contributed by atoms with E-state index in [2.05, 4.69) is 9.97 Å². The van der Waals surface area contributed by atoms with Crippen LogP contribution in [0.5, 0.6) is 0 Å². The Morgan fingerprint density at radius 1 is 0.935 bits per heavy atom. The van der Waals surface area contributed by atoms with E-state index in [-0.39, 0.29) is 12.5 Å². The predicted molar refractivity (Wildman–Crippen MR) is 118 cm³/mol. The molecule has 0 N–H and O–H groups in total. The number of likely N-dealkylation sites (N-methyl/N-ethyl adjacent to an activating group) is 1. The summed E-state index contributed by atoms with van der Waals surface area (Å²) in [7, 11) is 1.69. The highest BCUT2D eigenvalue weighted by atomic mass is 16.5. The summed E-state index contributed by atoms with van der Waals surface area (Å²) in [5.74, 6) is -0.833. The molecule has 0 aliphatic heterocycles. The van der Waals surface area contributed by atoms with Gasteiger partial charge >= 0.3 is 5.97 Å². The summed E-state index contributed by atoms with van der Waals surface area (Å²) in [6, 6.07) is 22.4. The number of para-hydroxylation sites is 1. The Morgan fingerprint density at radius 3 is 2.42 bits per heavy atom. The highest BCUT2D eigenvalue weighted by Gasteiger charge is 2.18. The molecule has 6 heteroatoms. The maximum atomic E-state index is 12.9. The van der Waals surface area contributed by atoms with Crippen molar-refractivity contribution in [1.29, 1.82) is 0 Å². The van der Waals surface area contributed by atoms with Crippen molar-refractivity contribution in [2.75, 3.05) is 13.7 Å². The zero-order chi connectivity index (χ0) is 21.6. The number of aromatic nitrogens is 2. The Morgan fingerprint density at radius 2 is 1.65 bits per heavy atom. The summed E-state index contributed by atoms with van der Waals surface area (Å²) in [5.41, 5.74) is 3.54. The molecular formula is C25H21N3O3. The molecule has 4 rings (SSSR count). The van der Waals surface area contributed by atoms with Gasteiger partial charge in [0.15, 0.2) is 6.61 Å². The monoisotopic (exact) mass is 411 g/mol. The standard InChI is InChI=1S/C25H21N3O3/c1-28(16-18-7-3-2-4-8-18)24(29)17-31-25(30)21-15-23(19-11-13-26-14-12-19)27-22-10-6-5-9-20(21)22/h2-15H,16-17H2,1H3. The fraction of sp³-hybridized carbons (Fsp3) is 0.120. The second-order valence-corrected chi connectivity index (χ2v) is 7.12. The number of carbonyl (C=O) groups excluding carboxylic acids is 2.